The van der Waals surface area contributed by atoms with Crippen molar-refractivity contribution in [2.75, 3.05) is 0 Å². The zero-order valence-corrected chi connectivity index (χ0v) is 29.0. The molecule has 54 heavy (non-hydrogen) atoms. The Bertz CT molecular complexity index is 3370. The summed E-state index contributed by atoms with van der Waals surface area (Å²) in [6.45, 7) is 0. The third kappa shape index (κ3) is 4.18. The van der Waals surface area contributed by atoms with Gasteiger partial charge in [-0.05, 0) is 53.2 Å². The van der Waals surface area contributed by atoms with E-state index < -0.39 is 0 Å². The van der Waals surface area contributed by atoms with Crippen LogP contribution in [-0.2, 0) is 0 Å². The molecule has 0 aliphatic heterocycles. The molecule has 0 fully saturated rings. The zero-order valence-electron chi connectivity index (χ0n) is 29.0. The van der Waals surface area contributed by atoms with Gasteiger partial charge in [0.15, 0.2) is 17.5 Å². The molecule has 0 aliphatic carbocycles. The second kappa shape index (κ2) is 11.1. The molecule has 0 amide bonds. The Kier molecular flexibility index (Phi) is 5.99. The zero-order chi connectivity index (χ0) is 35.3. The summed E-state index contributed by atoms with van der Waals surface area (Å²) in [6.07, 6.45) is 0. The maximum absolute atomic E-state index is 5.07. The quantitative estimate of drug-likeness (QED) is 0.185. The third-order valence-corrected chi connectivity index (χ3v) is 11.0. The smallest absolute Gasteiger partial charge is 0.164 e. The minimum atomic E-state index is 0.633. The molecule has 4 heterocycles. The minimum Gasteiger partial charge on any atom is -0.309 e. The van der Waals surface area contributed by atoms with Gasteiger partial charge in [0.2, 0.25) is 0 Å². The Hall–Kier alpha value is -7.37. The SMILES string of the molecule is c1ccc(-c2nc(-c3ccccc3)nc(-c3cccc(-n4c5cc6ccccc6cc5c5cc6c7cccc8c9ccccc9n(c6cc54)c87)c3)n2)cc1. The molecular weight excluding hydrogens is 659 g/mol. The lowest BCUT2D eigenvalue weighted by Gasteiger charge is -2.12. The minimum absolute atomic E-state index is 0.633. The summed E-state index contributed by atoms with van der Waals surface area (Å²) < 4.78 is 4.88. The molecule has 5 heteroatoms. The molecule has 5 nitrogen and oxygen atoms in total. The van der Waals surface area contributed by atoms with E-state index in [0.717, 1.165) is 33.4 Å². The second-order valence-electron chi connectivity index (χ2n) is 14.1. The third-order valence-electron chi connectivity index (χ3n) is 11.0. The Labute approximate surface area is 309 Å². The number of nitrogens with zero attached hydrogens (tertiary/aromatic N) is 5. The Morgan fingerprint density at radius 2 is 0.833 bits per heavy atom. The summed E-state index contributed by atoms with van der Waals surface area (Å²) in [7, 11) is 0. The maximum Gasteiger partial charge on any atom is 0.164 e. The topological polar surface area (TPSA) is 48.0 Å². The molecule has 0 aliphatic rings. The predicted octanol–water partition coefficient (Wildman–Crippen LogP) is 12.3. The van der Waals surface area contributed by atoms with E-state index in [1.54, 1.807) is 0 Å². The van der Waals surface area contributed by atoms with E-state index in [9.17, 15) is 0 Å². The van der Waals surface area contributed by atoms with Crippen molar-refractivity contribution < 1.29 is 0 Å². The summed E-state index contributed by atoms with van der Waals surface area (Å²) >= 11 is 0. The van der Waals surface area contributed by atoms with Gasteiger partial charge in [0.05, 0.1) is 27.6 Å². The molecule has 0 atom stereocenters. The van der Waals surface area contributed by atoms with Gasteiger partial charge in [-0.15, -0.1) is 0 Å². The molecule has 8 aromatic carbocycles. The average molecular weight is 688 g/mol. The van der Waals surface area contributed by atoms with Crippen LogP contribution in [0.1, 0.15) is 0 Å². The lowest BCUT2D eigenvalue weighted by Crippen LogP contribution is -2.01. The lowest BCUT2D eigenvalue weighted by atomic mass is 10.0. The molecular formula is C49H29N5. The number of para-hydroxylation sites is 2. The number of hydrogen-bond acceptors (Lipinski definition) is 3. The van der Waals surface area contributed by atoms with Crippen molar-refractivity contribution in [3.8, 4) is 39.9 Å². The number of hydrogen-bond donors (Lipinski definition) is 0. The number of rotatable bonds is 4. The predicted molar refractivity (Wildman–Crippen MR) is 223 cm³/mol. The van der Waals surface area contributed by atoms with E-state index in [0.29, 0.717) is 17.5 Å². The van der Waals surface area contributed by atoms with E-state index in [2.05, 4.69) is 124 Å². The highest BCUT2D eigenvalue weighted by Gasteiger charge is 2.21. The summed E-state index contributed by atoms with van der Waals surface area (Å²) in [5, 5.41) is 10.0. The highest BCUT2D eigenvalue weighted by molar-refractivity contribution is 6.26. The second-order valence-corrected chi connectivity index (χ2v) is 14.1. The van der Waals surface area contributed by atoms with Gasteiger partial charge in [0.25, 0.3) is 0 Å². The average Bonchev–Trinajstić information content (AvgIpc) is 3.87. The van der Waals surface area contributed by atoms with E-state index in [1.165, 1.54) is 59.6 Å². The van der Waals surface area contributed by atoms with Crippen molar-refractivity contribution in [1.29, 1.82) is 0 Å². The molecule has 0 bridgehead atoms. The highest BCUT2D eigenvalue weighted by Crippen LogP contribution is 2.43. The molecule has 0 N–H and O–H groups in total. The van der Waals surface area contributed by atoms with Crippen molar-refractivity contribution in [3.05, 3.63) is 176 Å². The fourth-order valence-corrected chi connectivity index (χ4v) is 8.62. The summed E-state index contributed by atoms with van der Waals surface area (Å²) in [6, 6.07) is 62.6. The maximum atomic E-state index is 5.07. The largest absolute Gasteiger partial charge is 0.309 e. The van der Waals surface area contributed by atoms with Crippen LogP contribution in [0.4, 0.5) is 0 Å². The summed E-state index contributed by atoms with van der Waals surface area (Å²) in [5.41, 5.74) is 9.89. The number of aromatic nitrogens is 5. The van der Waals surface area contributed by atoms with Gasteiger partial charge in [-0.3, -0.25) is 0 Å². The molecule has 0 radical (unpaired) electrons. The van der Waals surface area contributed by atoms with Crippen LogP contribution in [0.2, 0.25) is 0 Å². The fraction of sp³-hybridized carbons (Fsp3) is 0. The molecule has 12 aromatic rings. The van der Waals surface area contributed by atoms with E-state index >= 15 is 0 Å². The Morgan fingerprint density at radius 1 is 0.315 bits per heavy atom. The van der Waals surface area contributed by atoms with E-state index in [1.807, 2.05) is 60.7 Å². The lowest BCUT2D eigenvalue weighted by molar-refractivity contribution is 1.07. The van der Waals surface area contributed by atoms with Crippen molar-refractivity contribution >= 4 is 70.7 Å². The van der Waals surface area contributed by atoms with E-state index in [4.69, 9.17) is 15.0 Å². The summed E-state index contributed by atoms with van der Waals surface area (Å²) in [5.74, 6) is 1.93. The number of fused-ring (bicyclic) bond motifs is 10. The standard InChI is InChI=1S/C49H29N5/c1-3-13-30(14-4-1)47-50-48(31-15-5-2-6-16-31)52-49(51-47)34-19-11-20-35(25-34)53-43-27-33-18-8-7-17-32(33)26-39(43)41-28-40-38-23-12-22-37-36-21-9-10-24-42(36)54(46(37)38)45(40)29-44(41)53/h1-29H. The van der Waals surface area contributed by atoms with Crippen molar-refractivity contribution in [1.82, 2.24) is 23.9 Å². The van der Waals surface area contributed by atoms with Gasteiger partial charge in [0.1, 0.15) is 0 Å². The van der Waals surface area contributed by atoms with Crippen molar-refractivity contribution in [3.63, 3.8) is 0 Å². The first-order valence-electron chi connectivity index (χ1n) is 18.3. The monoisotopic (exact) mass is 687 g/mol. The summed E-state index contributed by atoms with van der Waals surface area (Å²) in [4.78, 5) is 15.1. The first-order valence-corrected chi connectivity index (χ1v) is 18.3. The van der Waals surface area contributed by atoms with Crippen LogP contribution in [0.5, 0.6) is 0 Å². The first-order chi connectivity index (χ1) is 26.8. The van der Waals surface area contributed by atoms with Gasteiger partial charge in [-0.2, -0.15) is 0 Å². The Balaban J connectivity index is 1.15. The van der Waals surface area contributed by atoms with Gasteiger partial charge in [0, 0.05) is 54.7 Å². The molecule has 0 spiro atoms. The van der Waals surface area contributed by atoms with Gasteiger partial charge in [-0.1, -0.05) is 133 Å². The molecule has 0 saturated carbocycles. The van der Waals surface area contributed by atoms with Crippen LogP contribution in [0.15, 0.2) is 176 Å². The molecule has 12 rings (SSSR count). The van der Waals surface area contributed by atoms with Crippen LogP contribution in [0.25, 0.3) is 111 Å². The van der Waals surface area contributed by atoms with Crippen LogP contribution in [0, 0.1) is 0 Å². The van der Waals surface area contributed by atoms with Crippen LogP contribution < -0.4 is 0 Å². The van der Waals surface area contributed by atoms with Gasteiger partial charge in [-0.25, -0.2) is 15.0 Å². The van der Waals surface area contributed by atoms with Crippen molar-refractivity contribution in [2.45, 2.75) is 0 Å². The van der Waals surface area contributed by atoms with E-state index in [-0.39, 0.29) is 0 Å². The molecule has 0 saturated heterocycles. The van der Waals surface area contributed by atoms with Crippen LogP contribution in [0.3, 0.4) is 0 Å². The Morgan fingerprint density at radius 3 is 1.57 bits per heavy atom. The van der Waals surface area contributed by atoms with Gasteiger partial charge < -0.3 is 8.97 Å². The van der Waals surface area contributed by atoms with Crippen LogP contribution in [-0.4, -0.2) is 23.9 Å². The normalized spacial score (nSPS) is 12.1. The molecule has 250 valence electrons. The highest BCUT2D eigenvalue weighted by atomic mass is 15.0. The molecule has 4 aromatic heterocycles. The first kappa shape index (κ1) is 29.2. The van der Waals surface area contributed by atoms with Crippen LogP contribution >= 0.6 is 0 Å². The van der Waals surface area contributed by atoms with Gasteiger partial charge >= 0.3 is 0 Å². The fourth-order valence-electron chi connectivity index (χ4n) is 8.62. The van der Waals surface area contributed by atoms with Crippen molar-refractivity contribution in [2.24, 2.45) is 0 Å². The molecule has 0 unspecified atom stereocenters. The number of benzene rings is 8.